The first-order valence-electron chi connectivity index (χ1n) is 12.4. The summed E-state index contributed by atoms with van der Waals surface area (Å²) in [6.07, 6.45) is 3.52. The van der Waals surface area contributed by atoms with Crippen LogP contribution < -0.4 is 15.4 Å². The number of allylic oxidation sites excluding steroid dienone is 1. The number of nitrogens with one attached hydrogen (secondary N) is 3. The average molecular weight is 464 g/mol. The van der Waals surface area contributed by atoms with Crippen molar-refractivity contribution in [2.45, 2.75) is 32.2 Å². The highest BCUT2D eigenvalue weighted by Crippen LogP contribution is 2.39. The molecule has 0 bridgehead atoms. The number of hydrogen-bond donors (Lipinski definition) is 3. The van der Waals surface area contributed by atoms with E-state index in [2.05, 4.69) is 58.1 Å². The molecule has 2 aliphatic rings. The van der Waals surface area contributed by atoms with Crippen molar-refractivity contribution < 1.29 is 9.53 Å². The highest BCUT2D eigenvalue weighted by atomic mass is 16.5. The van der Waals surface area contributed by atoms with Gasteiger partial charge in [0.05, 0.1) is 12.2 Å². The monoisotopic (exact) mass is 463 g/mol. The van der Waals surface area contributed by atoms with Crippen molar-refractivity contribution >= 4 is 33.6 Å². The van der Waals surface area contributed by atoms with Gasteiger partial charge in [-0.15, -0.1) is 0 Å². The minimum Gasteiger partial charge on any atom is -0.494 e. The minimum absolute atomic E-state index is 0.0640. The standard InChI is InChI=1S/C30H29N3O2/c1-19(29-25-17-21(20-6-3-2-4-7-20)9-11-27(25)33-30(29)34)28-18-22-16-24(10-12-26(22)32-28)35-15-13-23-8-5-14-31-23/h2-4,6-7,9-12,16-18,23,31-32H,5,8,13-15H2,1H3,(H,33,34)/b29-19-. The molecule has 1 atom stereocenters. The molecule has 0 spiro atoms. The van der Waals surface area contributed by atoms with Crippen molar-refractivity contribution in [1.82, 2.24) is 10.3 Å². The van der Waals surface area contributed by atoms with Crippen LogP contribution in [0.2, 0.25) is 0 Å². The van der Waals surface area contributed by atoms with E-state index in [-0.39, 0.29) is 5.91 Å². The number of rotatable bonds is 6. The van der Waals surface area contributed by atoms with E-state index >= 15 is 0 Å². The third kappa shape index (κ3) is 4.24. The molecule has 1 amide bonds. The number of fused-ring (bicyclic) bond motifs is 2. The zero-order valence-electron chi connectivity index (χ0n) is 19.9. The fraction of sp³-hybridized carbons (Fsp3) is 0.233. The summed E-state index contributed by atoms with van der Waals surface area (Å²) in [5.41, 5.74) is 7.63. The molecule has 0 radical (unpaired) electrons. The van der Waals surface area contributed by atoms with Crippen molar-refractivity contribution in [2.24, 2.45) is 0 Å². The van der Waals surface area contributed by atoms with Gasteiger partial charge < -0.3 is 20.4 Å². The van der Waals surface area contributed by atoms with Gasteiger partial charge in [0.1, 0.15) is 5.75 Å². The maximum atomic E-state index is 13.0. The number of benzene rings is 3. The second-order valence-corrected chi connectivity index (χ2v) is 9.44. The molecular weight excluding hydrogens is 434 g/mol. The van der Waals surface area contributed by atoms with Crippen LogP contribution in [0.3, 0.4) is 0 Å². The molecule has 0 saturated carbocycles. The molecule has 3 N–H and O–H groups in total. The molecule has 1 fully saturated rings. The Morgan fingerprint density at radius 2 is 1.89 bits per heavy atom. The first kappa shape index (κ1) is 21.7. The van der Waals surface area contributed by atoms with Gasteiger partial charge in [-0.05, 0) is 85.8 Å². The number of hydrogen-bond acceptors (Lipinski definition) is 3. The van der Waals surface area contributed by atoms with Crippen molar-refractivity contribution in [3.05, 3.63) is 84.1 Å². The van der Waals surface area contributed by atoms with Crippen LogP contribution in [0, 0.1) is 0 Å². The molecule has 35 heavy (non-hydrogen) atoms. The number of H-pyrrole nitrogens is 1. The molecule has 0 aliphatic carbocycles. The van der Waals surface area contributed by atoms with Gasteiger partial charge >= 0.3 is 0 Å². The van der Waals surface area contributed by atoms with Crippen molar-refractivity contribution in [2.75, 3.05) is 18.5 Å². The Morgan fingerprint density at radius 3 is 2.71 bits per heavy atom. The zero-order chi connectivity index (χ0) is 23.8. The predicted octanol–water partition coefficient (Wildman–Crippen LogP) is 6.24. The summed E-state index contributed by atoms with van der Waals surface area (Å²) >= 11 is 0. The quantitative estimate of drug-likeness (QED) is 0.297. The van der Waals surface area contributed by atoms with E-state index in [4.69, 9.17) is 4.74 Å². The lowest BCUT2D eigenvalue weighted by molar-refractivity contribution is -0.110. The van der Waals surface area contributed by atoms with E-state index < -0.39 is 0 Å². The first-order valence-corrected chi connectivity index (χ1v) is 12.4. The number of aromatic nitrogens is 1. The van der Waals surface area contributed by atoms with Crippen LogP contribution in [-0.2, 0) is 4.79 Å². The molecule has 1 saturated heterocycles. The predicted molar refractivity (Wildman–Crippen MR) is 142 cm³/mol. The van der Waals surface area contributed by atoms with E-state index in [9.17, 15) is 4.79 Å². The number of anilines is 1. The lowest BCUT2D eigenvalue weighted by Crippen LogP contribution is -2.23. The summed E-state index contributed by atoms with van der Waals surface area (Å²) in [7, 11) is 0. The fourth-order valence-corrected chi connectivity index (χ4v) is 5.21. The molecule has 3 heterocycles. The molecule has 5 heteroatoms. The maximum Gasteiger partial charge on any atom is 0.256 e. The Bertz CT molecular complexity index is 1430. The van der Waals surface area contributed by atoms with Crippen LogP contribution in [0.15, 0.2) is 72.8 Å². The van der Waals surface area contributed by atoms with E-state index in [0.717, 1.165) is 63.3 Å². The molecule has 1 aromatic heterocycles. The number of amides is 1. The Balaban J connectivity index is 1.29. The molecule has 5 nitrogen and oxygen atoms in total. The Kier molecular flexibility index (Phi) is 5.63. The fourth-order valence-electron chi connectivity index (χ4n) is 5.21. The summed E-state index contributed by atoms with van der Waals surface area (Å²) in [5, 5.41) is 7.62. The lowest BCUT2D eigenvalue weighted by atomic mass is 9.96. The SMILES string of the molecule is C/C(=C1/C(=O)Nc2ccc(-c3ccccc3)cc21)c1cc2cc(OCCC3CCCN3)ccc2[nH]1. The van der Waals surface area contributed by atoms with Gasteiger partial charge in [-0.2, -0.15) is 0 Å². The number of carbonyl (C=O) groups excluding carboxylic acids is 1. The number of ether oxygens (including phenoxy) is 1. The lowest BCUT2D eigenvalue weighted by Gasteiger charge is -2.11. The Labute approximate surface area is 205 Å². The summed E-state index contributed by atoms with van der Waals surface area (Å²) in [5.74, 6) is 0.814. The molecule has 176 valence electrons. The third-order valence-electron chi connectivity index (χ3n) is 7.14. The van der Waals surface area contributed by atoms with E-state index in [1.807, 2.05) is 37.3 Å². The van der Waals surface area contributed by atoms with Crippen LogP contribution in [0.1, 0.15) is 37.4 Å². The van der Waals surface area contributed by atoms with E-state index in [1.54, 1.807) is 0 Å². The van der Waals surface area contributed by atoms with Gasteiger partial charge in [-0.25, -0.2) is 0 Å². The van der Waals surface area contributed by atoms with E-state index in [0.29, 0.717) is 18.2 Å². The van der Waals surface area contributed by atoms with Gasteiger partial charge in [0.25, 0.3) is 5.91 Å². The highest BCUT2D eigenvalue weighted by Gasteiger charge is 2.27. The van der Waals surface area contributed by atoms with Crippen LogP contribution in [0.25, 0.3) is 33.2 Å². The van der Waals surface area contributed by atoms with Crippen molar-refractivity contribution in [3.63, 3.8) is 0 Å². The Morgan fingerprint density at radius 1 is 1.00 bits per heavy atom. The topological polar surface area (TPSA) is 66.2 Å². The molecular formula is C30H29N3O2. The second kappa shape index (κ2) is 9.08. The van der Waals surface area contributed by atoms with Gasteiger partial charge in [0.15, 0.2) is 0 Å². The van der Waals surface area contributed by atoms with Gasteiger partial charge in [0, 0.05) is 33.9 Å². The van der Waals surface area contributed by atoms with Crippen LogP contribution in [0.5, 0.6) is 5.75 Å². The zero-order valence-corrected chi connectivity index (χ0v) is 19.9. The summed E-state index contributed by atoms with van der Waals surface area (Å²) in [6, 6.07) is 25.2. The molecule has 1 unspecified atom stereocenters. The largest absolute Gasteiger partial charge is 0.494 e. The number of carbonyl (C=O) groups is 1. The van der Waals surface area contributed by atoms with Gasteiger partial charge in [-0.1, -0.05) is 36.4 Å². The van der Waals surface area contributed by atoms with E-state index in [1.165, 1.54) is 12.8 Å². The van der Waals surface area contributed by atoms with Crippen molar-refractivity contribution in [3.8, 4) is 16.9 Å². The van der Waals surface area contributed by atoms with Gasteiger partial charge in [0.2, 0.25) is 0 Å². The van der Waals surface area contributed by atoms with Gasteiger partial charge in [-0.3, -0.25) is 4.79 Å². The van der Waals surface area contributed by atoms with Crippen LogP contribution in [0.4, 0.5) is 5.69 Å². The van der Waals surface area contributed by atoms with Crippen LogP contribution in [-0.4, -0.2) is 30.1 Å². The molecule has 3 aromatic carbocycles. The maximum absolute atomic E-state index is 13.0. The first-order chi connectivity index (χ1) is 17.2. The molecule has 6 rings (SSSR count). The summed E-state index contributed by atoms with van der Waals surface area (Å²) in [4.78, 5) is 16.5. The van der Waals surface area contributed by atoms with Crippen LogP contribution >= 0.6 is 0 Å². The smallest absolute Gasteiger partial charge is 0.256 e. The summed E-state index contributed by atoms with van der Waals surface area (Å²) in [6.45, 7) is 3.84. The van der Waals surface area contributed by atoms with Crippen molar-refractivity contribution in [1.29, 1.82) is 0 Å². The number of aromatic amines is 1. The molecule has 2 aliphatic heterocycles. The Hall–Kier alpha value is -3.83. The minimum atomic E-state index is -0.0640. The highest BCUT2D eigenvalue weighted by molar-refractivity contribution is 6.36. The third-order valence-corrected chi connectivity index (χ3v) is 7.14. The average Bonchev–Trinajstić information content (AvgIpc) is 3.62. The second-order valence-electron chi connectivity index (χ2n) is 9.44. The summed E-state index contributed by atoms with van der Waals surface area (Å²) < 4.78 is 6.03. The normalized spacial score (nSPS) is 18.5. The molecule has 4 aromatic rings.